The number of carbonyl (C=O) groups excluding carboxylic acids is 5. The highest BCUT2D eigenvalue weighted by molar-refractivity contribution is 5.79. The predicted molar refractivity (Wildman–Crippen MR) is 246 cm³/mol. The van der Waals surface area contributed by atoms with Crippen molar-refractivity contribution in [2.75, 3.05) is 131 Å². The van der Waals surface area contributed by atoms with Crippen molar-refractivity contribution in [3.8, 4) is 0 Å². The maximum atomic E-state index is 14.1. The van der Waals surface area contributed by atoms with E-state index in [1.54, 1.807) is 62.3 Å². The minimum absolute atomic E-state index is 0.00167. The molecule has 1 fully saturated rings. The van der Waals surface area contributed by atoms with Crippen LogP contribution in [0.2, 0.25) is 0 Å². The van der Waals surface area contributed by atoms with Gasteiger partial charge in [-0.1, -0.05) is 0 Å². The van der Waals surface area contributed by atoms with Crippen molar-refractivity contribution in [1.29, 1.82) is 0 Å². The highest BCUT2D eigenvalue weighted by atomic mass is 16.6. The fraction of sp³-hybridized carbons (Fsp3) is 0.870. The molecule has 0 aromatic carbocycles. The largest absolute Gasteiger partial charge is 0.481 e. The van der Waals surface area contributed by atoms with E-state index in [2.05, 4.69) is 5.32 Å². The number of hydrogen-bond acceptors (Lipinski definition) is 18. The first kappa shape index (κ1) is 60.5. The molecule has 1 saturated heterocycles. The van der Waals surface area contributed by atoms with E-state index in [4.69, 9.17) is 43.0 Å². The first-order chi connectivity index (χ1) is 30.6. The lowest BCUT2D eigenvalue weighted by atomic mass is 10.1. The van der Waals surface area contributed by atoms with Crippen LogP contribution in [-0.4, -0.2) is 220 Å². The van der Waals surface area contributed by atoms with Gasteiger partial charge in [0.1, 0.15) is 28.4 Å². The number of rotatable bonds is 26. The molecule has 0 bridgehead atoms. The van der Waals surface area contributed by atoms with Crippen LogP contribution >= 0.6 is 0 Å². The highest BCUT2D eigenvalue weighted by Gasteiger charge is 2.33. The maximum Gasteiger partial charge on any atom is 0.323 e. The van der Waals surface area contributed by atoms with E-state index in [1.807, 2.05) is 40.4 Å². The zero-order chi connectivity index (χ0) is 50.0. The Morgan fingerprint density at radius 3 is 1.15 bits per heavy atom. The molecule has 1 amide bonds. The molecule has 66 heavy (non-hydrogen) atoms. The third-order valence-corrected chi connectivity index (χ3v) is 9.10. The van der Waals surface area contributed by atoms with Crippen molar-refractivity contribution in [2.45, 2.75) is 131 Å². The van der Waals surface area contributed by atoms with Crippen molar-refractivity contribution in [3.05, 3.63) is 0 Å². The molecule has 0 saturated carbocycles. The summed E-state index contributed by atoms with van der Waals surface area (Å²) >= 11 is 0. The number of carbonyl (C=O) groups is 6. The van der Waals surface area contributed by atoms with Gasteiger partial charge in [-0.2, -0.15) is 0 Å². The average molecular weight is 948 g/mol. The Balaban J connectivity index is 3.14. The topological polar surface area (TPSA) is 221 Å². The summed E-state index contributed by atoms with van der Waals surface area (Å²) in [6, 6.07) is -0.852. The van der Waals surface area contributed by atoms with Gasteiger partial charge in [0.25, 0.3) is 0 Å². The lowest BCUT2D eigenvalue weighted by Crippen LogP contribution is -2.53. The Bertz CT molecular complexity index is 1410. The minimum atomic E-state index is -0.913. The number of hydrogen-bond donors (Lipinski definition) is 2. The first-order valence-electron chi connectivity index (χ1n) is 23.2. The molecule has 0 radical (unpaired) electrons. The molecule has 0 aromatic rings. The summed E-state index contributed by atoms with van der Waals surface area (Å²) in [5, 5.41) is 11.5. The number of carboxylic acid groups (broad SMARTS) is 1. The van der Waals surface area contributed by atoms with Crippen molar-refractivity contribution < 1.29 is 71.8 Å². The van der Waals surface area contributed by atoms with E-state index in [9.17, 15) is 28.8 Å². The normalized spacial score (nSPS) is 16.4. The zero-order valence-electron chi connectivity index (χ0n) is 42.3. The third-order valence-electron chi connectivity index (χ3n) is 9.10. The van der Waals surface area contributed by atoms with Gasteiger partial charge >= 0.3 is 29.8 Å². The van der Waals surface area contributed by atoms with E-state index in [0.29, 0.717) is 92.0 Å². The standard InChI is InChI=1S/C46H85N5O15/c1-43(2,3)63-39(55)33-48-17-19-49(34-40(56)64-44(4,5)6)21-23-51(24-22-50(20-18-48)35-41(57)65-45(7,8)9)36(42(58)66-46(10,11)12)13-14-37(52)47-16-26-60-28-30-62-32-31-61-29-27-59-25-15-38(53)54/h36H,13-35H2,1-12H3,(H,47,52)(H,53,54). The Morgan fingerprint density at radius 1 is 0.470 bits per heavy atom. The molecule has 1 aliphatic rings. The number of aliphatic carboxylic acids is 1. The number of esters is 4. The quantitative estimate of drug-likeness (QED) is 0.0722. The molecule has 1 aliphatic heterocycles. The van der Waals surface area contributed by atoms with Crippen LogP contribution < -0.4 is 5.32 Å². The van der Waals surface area contributed by atoms with Gasteiger partial charge in [-0.25, -0.2) is 0 Å². The number of nitrogens with one attached hydrogen (secondary N) is 1. The predicted octanol–water partition coefficient (Wildman–Crippen LogP) is 2.38. The summed E-state index contributed by atoms with van der Waals surface area (Å²) in [5.41, 5.74) is -2.92. The number of amides is 1. The molecular formula is C46H85N5O15. The van der Waals surface area contributed by atoms with Gasteiger partial charge in [-0.15, -0.1) is 0 Å². The number of carboxylic acids is 1. The number of nitrogens with zero attached hydrogens (tertiary/aromatic N) is 4. The van der Waals surface area contributed by atoms with Crippen molar-refractivity contribution >= 4 is 35.8 Å². The van der Waals surface area contributed by atoms with E-state index < -0.39 is 58.3 Å². The van der Waals surface area contributed by atoms with Crippen LogP contribution in [0.15, 0.2) is 0 Å². The van der Waals surface area contributed by atoms with Gasteiger partial charge in [0.05, 0.1) is 78.9 Å². The van der Waals surface area contributed by atoms with E-state index in [1.165, 1.54) is 0 Å². The maximum absolute atomic E-state index is 14.1. The second-order valence-corrected chi connectivity index (χ2v) is 20.2. The molecule has 20 heteroatoms. The van der Waals surface area contributed by atoms with Crippen molar-refractivity contribution in [3.63, 3.8) is 0 Å². The fourth-order valence-electron chi connectivity index (χ4n) is 6.37. The van der Waals surface area contributed by atoms with Crippen LogP contribution in [0.3, 0.4) is 0 Å². The molecule has 0 aromatic heterocycles. The van der Waals surface area contributed by atoms with E-state index in [0.717, 1.165) is 0 Å². The molecule has 0 spiro atoms. The van der Waals surface area contributed by atoms with Crippen molar-refractivity contribution in [1.82, 2.24) is 24.9 Å². The second-order valence-electron chi connectivity index (χ2n) is 20.2. The van der Waals surface area contributed by atoms with Crippen LogP contribution in [0.5, 0.6) is 0 Å². The summed E-state index contributed by atoms with van der Waals surface area (Å²) in [6.45, 7) is 26.9. The van der Waals surface area contributed by atoms with Crippen LogP contribution in [0.25, 0.3) is 0 Å². The smallest absolute Gasteiger partial charge is 0.323 e. The van der Waals surface area contributed by atoms with Gasteiger partial charge in [0.2, 0.25) is 5.91 Å². The van der Waals surface area contributed by atoms with Gasteiger partial charge < -0.3 is 48.3 Å². The fourth-order valence-corrected chi connectivity index (χ4v) is 6.37. The average Bonchev–Trinajstić information content (AvgIpc) is 3.13. The Kier molecular flexibility index (Phi) is 28.2. The van der Waals surface area contributed by atoms with Crippen LogP contribution in [0, 0.1) is 0 Å². The Morgan fingerprint density at radius 2 is 0.803 bits per heavy atom. The minimum Gasteiger partial charge on any atom is -0.481 e. The van der Waals surface area contributed by atoms with Crippen LogP contribution in [0.1, 0.15) is 102 Å². The van der Waals surface area contributed by atoms with Crippen molar-refractivity contribution in [2.24, 2.45) is 0 Å². The molecule has 0 aliphatic carbocycles. The Labute approximate surface area is 393 Å². The molecule has 1 atom stereocenters. The van der Waals surface area contributed by atoms with Crippen LogP contribution in [0.4, 0.5) is 0 Å². The van der Waals surface area contributed by atoms with Gasteiger partial charge in [-0.3, -0.25) is 48.4 Å². The van der Waals surface area contributed by atoms with E-state index in [-0.39, 0.29) is 64.6 Å². The molecule has 1 unspecified atom stereocenters. The zero-order valence-corrected chi connectivity index (χ0v) is 42.3. The summed E-state index contributed by atoms with van der Waals surface area (Å²) in [6.07, 6.45) is 0.0909. The second kappa shape index (κ2) is 30.8. The molecule has 1 heterocycles. The molecule has 20 nitrogen and oxygen atoms in total. The Hall–Kier alpha value is -3.50. The third kappa shape index (κ3) is 33.9. The molecule has 384 valence electrons. The summed E-state index contributed by atoms with van der Waals surface area (Å²) in [4.78, 5) is 85.0. The lowest BCUT2D eigenvalue weighted by Gasteiger charge is -2.37. The first-order valence-corrected chi connectivity index (χ1v) is 23.2. The summed E-state index contributed by atoms with van der Waals surface area (Å²) in [5.74, 6) is -2.91. The lowest BCUT2D eigenvalue weighted by molar-refractivity contribution is -0.163. The summed E-state index contributed by atoms with van der Waals surface area (Å²) < 4.78 is 44.6. The molecular weight excluding hydrogens is 863 g/mol. The number of ether oxygens (including phenoxy) is 8. The monoisotopic (exact) mass is 948 g/mol. The SMILES string of the molecule is CC(C)(C)OC(=O)CN1CCN(CC(=O)OC(C)(C)C)CCN(C(CCC(=O)NCCOCCOCCOCCOCCC(=O)O)C(=O)OC(C)(C)C)CCN(CC(=O)OC(C)(C)C)CC1. The van der Waals surface area contributed by atoms with Gasteiger partial charge in [0, 0.05) is 65.3 Å². The van der Waals surface area contributed by atoms with Gasteiger partial charge in [0.15, 0.2) is 0 Å². The van der Waals surface area contributed by atoms with E-state index >= 15 is 0 Å². The highest BCUT2D eigenvalue weighted by Crippen LogP contribution is 2.18. The summed E-state index contributed by atoms with van der Waals surface area (Å²) in [7, 11) is 0. The van der Waals surface area contributed by atoms with Crippen LogP contribution in [-0.2, 0) is 66.7 Å². The van der Waals surface area contributed by atoms with Gasteiger partial charge in [-0.05, 0) is 89.5 Å². The molecule has 1 rings (SSSR count). The molecule has 2 N–H and O–H groups in total.